The fourth-order valence-electron chi connectivity index (χ4n) is 1.32. The largest absolute Gasteiger partial charge is 0.573 e. The van der Waals surface area contributed by atoms with Crippen LogP contribution in [0.1, 0.15) is 5.56 Å². The van der Waals surface area contributed by atoms with E-state index in [-0.39, 0.29) is 6.54 Å². The number of ether oxygens (including phenoxy) is 1. The molecule has 0 saturated carbocycles. The Hall–Kier alpha value is -1.48. The zero-order chi connectivity index (χ0) is 15.4. The summed E-state index contributed by atoms with van der Waals surface area (Å²) in [4.78, 5) is 0. The summed E-state index contributed by atoms with van der Waals surface area (Å²) in [6, 6.07) is 4.80. The summed E-state index contributed by atoms with van der Waals surface area (Å²) in [5.74, 6) is -0.465. The third-order valence-electron chi connectivity index (χ3n) is 2.18. The van der Waals surface area contributed by atoms with Crippen molar-refractivity contribution in [2.45, 2.75) is 25.2 Å². The quantitative estimate of drug-likeness (QED) is 0.822. The highest BCUT2D eigenvalue weighted by molar-refractivity contribution is 5.28. The second kappa shape index (κ2) is 6.31. The topological polar surface area (TPSA) is 41.5 Å². The average Bonchev–Trinajstić information content (AvgIpc) is 2.25. The summed E-state index contributed by atoms with van der Waals surface area (Å²) >= 11 is 0. The minimum atomic E-state index is -4.83. The van der Waals surface area contributed by atoms with Crippen LogP contribution in [-0.4, -0.2) is 30.3 Å². The highest BCUT2D eigenvalue weighted by Crippen LogP contribution is 2.23. The van der Waals surface area contributed by atoms with Gasteiger partial charge in [-0.25, -0.2) is 0 Å². The molecule has 20 heavy (non-hydrogen) atoms. The third-order valence-corrected chi connectivity index (χ3v) is 2.18. The number of alkyl halides is 6. The van der Waals surface area contributed by atoms with Crippen molar-refractivity contribution in [3.63, 3.8) is 0 Å². The van der Waals surface area contributed by atoms with Crippen molar-refractivity contribution >= 4 is 0 Å². The number of rotatable bonds is 5. The van der Waals surface area contributed by atoms with Gasteiger partial charge in [0.1, 0.15) is 5.75 Å². The lowest BCUT2D eigenvalue weighted by atomic mass is 10.2. The van der Waals surface area contributed by atoms with Gasteiger partial charge < -0.3 is 15.2 Å². The van der Waals surface area contributed by atoms with Crippen molar-refractivity contribution in [1.82, 2.24) is 5.32 Å². The highest BCUT2D eigenvalue weighted by Gasteiger charge is 2.37. The Bertz CT molecular complexity index is 432. The average molecular weight is 303 g/mol. The molecule has 9 heteroatoms. The lowest BCUT2D eigenvalue weighted by Crippen LogP contribution is -2.38. The number of hydrogen-bond acceptors (Lipinski definition) is 3. The summed E-state index contributed by atoms with van der Waals surface area (Å²) in [5, 5.41) is 11.0. The Morgan fingerprint density at radius 3 is 2.35 bits per heavy atom. The molecule has 1 aromatic carbocycles. The van der Waals surface area contributed by atoms with Crippen molar-refractivity contribution in [1.29, 1.82) is 0 Å². The van der Waals surface area contributed by atoms with E-state index in [2.05, 4.69) is 10.1 Å². The van der Waals surface area contributed by atoms with Gasteiger partial charge in [-0.05, 0) is 17.7 Å². The van der Waals surface area contributed by atoms with E-state index in [9.17, 15) is 26.3 Å². The van der Waals surface area contributed by atoms with Crippen molar-refractivity contribution in [2.75, 3.05) is 6.54 Å². The molecule has 114 valence electrons. The lowest BCUT2D eigenvalue weighted by molar-refractivity contribution is -0.274. The second-order valence-electron chi connectivity index (χ2n) is 3.88. The number of benzene rings is 1. The number of nitrogens with one attached hydrogen (secondary N) is 1. The maximum absolute atomic E-state index is 12.0. The maximum atomic E-state index is 12.0. The van der Waals surface area contributed by atoms with Crippen LogP contribution in [0.15, 0.2) is 24.3 Å². The predicted molar refractivity (Wildman–Crippen MR) is 56.9 cm³/mol. The predicted octanol–water partition coefficient (Wildman–Crippen LogP) is 2.60. The molecular weight excluding hydrogens is 292 g/mol. The van der Waals surface area contributed by atoms with Gasteiger partial charge in [0, 0.05) is 13.1 Å². The van der Waals surface area contributed by atoms with Gasteiger partial charge in [-0.1, -0.05) is 12.1 Å². The monoisotopic (exact) mass is 303 g/mol. The van der Waals surface area contributed by atoms with Gasteiger partial charge in [0.05, 0.1) is 0 Å². The van der Waals surface area contributed by atoms with Gasteiger partial charge in [0.15, 0.2) is 6.10 Å². The van der Waals surface area contributed by atoms with Crippen molar-refractivity contribution in [3.8, 4) is 5.75 Å². The van der Waals surface area contributed by atoms with Crippen LogP contribution in [0.25, 0.3) is 0 Å². The highest BCUT2D eigenvalue weighted by atomic mass is 19.4. The Morgan fingerprint density at radius 2 is 1.80 bits per heavy atom. The van der Waals surface area contributed by atoms with E-state index in [0.29, 0.717) is 5.56 Å². The zero-order valence-electron chi connectivity index (χ0n) is 9.92. The van der Waals surface area contributed by atoms with Crippen LogP contribution in [-0.2, 0) is 6.54 Å². The molecule has 3 nitrogen and oxygen atoms in total. The van der Waals surface area contributed by atoms with Crippen LogP contribution in [0.3, 0.4) is 0 Å². The Labute approximate surface area is 110 Å². The Kier molecular flexibility index (Phi) is 5.23. The van der Waals surface area contributed by atoms with Gasteiger partial charge in [0.2, 0.25) is 0 Å². The summed E-state index contributed by atoms with van der Waals surface area (Å²) in [6.07, 6.45) is -12.1. The fourth-order valence-corrected chi connectivity index (χ4v) is 1.32. The molecule has 1 aromatic rings. The van der Waals surface area contributed by atoms with Crippen LogP contribution in [0.5, 0.6) is 5.75 Å². The zero-order valence-corrected chi connectivity index (χ0v) is 9.92. The Morgan fingerprint density at radius 1 is 1.15 bits per heavy atom. The van der Waals surface area contributed by atoms with Crippen LogP contribution in [0, 0.1) is 0 Å². The molecule has 1 rings (SSSR count). The molecule has 0 heterocycles. The number of halogens is 6. The molecule has 2 N–H and O–H groups in total. The molecule has 0 saturated heterocycles. The first-order chi connectivity index (χ1) is 9.08. The molecule has 0 bridgehead atoms. The van der Waals surface area contributed by atoms with Crippen LogP contribution < -0.4 is 10.1 Å². The molecule has 0 fully saturated rings. The minimum absolute atomic E-state index is 0.137. The van der Waals surface area contributed by atoms with Gasteiger partial charge >= 0.3 is 12.5 Å². The molecule has 0 aliphatic carbocycles. The van der Waals surface area contributed by atoms with E-state index in [1.54, 1.807) is 0 Å². The standard InChI is InChI=1S/C11H11F6NO2/c12-10(13,14)9(19)6-18-5-7-2-1-3-8(4-7)20-11(15,16)17/h1-4,9,18-19H,5-6H2/t9-/m1/s1. The molecule has 0 aliphatic rings. The first-order valence-electron chi connectivity index (χ1n) is 5.38. The summed E-state index contributed by atoms with van der Waals surface area (Å²) in [5.41, 5.74) is 0.293. The van der Waals surface area contributed by atoms with Crippen molar-refractivity contribution < 1.29 is 36.2 Å². The Balaban J connectivity index is 2.51. The van der Waals surface area contributed by atoms with Gasteiger partial charge in [-0.15, -0.1) is 13.2 Å². The molecule has 0 radical (unpaired) electrons. The molecule has 0 unspecified atom stereocenters. The third kappa shape index (κ3) is 6.11. The van der Waals surface area contributed by atoms with Gasteiger partial charge in [-0.2, -0.15) is 13.2 Å². The molecule has 0 spiro atoms. The van der Waals surface area contributed by atoms with Crippen molar-refractivity contribution in [2.24, 2.45) is 0 Å². The SMILES string of the molecule is O[C@H](CNCc1cccc(OC(F)(F)F)c1)C(F)(F)F. The normalized spacial score (nSPS) is 14.2. The smallest absolute Gasteiger partial charge is 0.406 e. The second-order valence-corrected chi connectivity index (χ2v) is 3.88. The van der Waals surface area contributed by atoms with E-state index < -0.39 is 30.9 Å². The van der Waals surface area contributed by atoms with E-state index in [1.165, 1.54) is 12.1 Å². The number of hydrogen-bond donors (Lipinski definition) is 2. The molecule has 0 aliphatic heterocycles. The van der Waals surface area contributed by atoms with E-state index in [0.717, 1.165) is 12.1 Å². The number of aliphatic hydroxyl groups excluding tert-OH is 1. The van der Waals surface area contributed by atoms with E-state index in [4.69, 9.17) is 5.11 Å². The van der Waals surface area contributed by atoms with Gasteiger partial charge in [-0.3, -0.25) is 0 Å². The van der Waals surface area contributed by atoms with E-state index >= 15 is 0 Å². The molecule has 0 aromatic heterocycles. The molecular formula is C11H11F6NO2. The molecule has 1 atom stereocenters. The summed E-state index contributed by atoms with van der Waals surface area (Å²) in [7, 11) is 0. The summed E-state index contributed by atoms with van der Waals surface area (Å²) < 4.78 is 75.5. The fraction of sp³-hybridized carbons (Fsp3) is 0.455. The van der Waals surface area contributed by atoms with E-state index in [1.807, 2.05) is 0 Å². The van der Waals surface area contributed by atoms with Crippen molar-refractivity contribution in [3.05, 3.63) is 29.8 Å². The lowest BCUT2D eigenvalue weighted by Gasteiger charge is -2.15. The minimum Gasteiger partial charge on any atom is -0.406 e. The van der Waals surface area contributed by atoms with Crippen LogP contribution in [0.2, 0.25) is 0 Å². The van der Waals surface area contributed by atoms with Gasteiger partial charge in [0.25, 0.3) is 0 Å². The maximum Gasteiger partial charge on any atom is 0.573 e. The first kappa shape index (κ1) is 16.6. The molecule has 0 amide bonds. The first-order valence-corrected chi connectivity index (χ1v) is 5.38. The number of aliphatic hydroxyl groups is 1. The van der Waals surface area contributed by atoms with Crippen LogP contribution in [0.4, 0.5) is 26.3 Å². The van der Waals surface area contributed by atoms with Crippen LogP contribution >= 0.6 is 0 Å². The summed E-state index contributed by atoms with van der Waals surface area (Å²) in [6.45, 7) is -0.893.